The first-order valence-corrected chi connectivity index (χ1v) is 6.79. The summed E-state index contributed by atoms with van der Waals surface area (Å²) in [5, 5.41) is 10.3. The molecule has 1 saturated carbocycles. The topological polar surface area (TPSA) is 49.5 Å². The summed E-state index contributed by atoms with van der Waals surface area (Å²) in [4.78, 5) is 2.54. The second-order valence-corrected chi connectivity index (χ2v) is 5.88. The smallest absolute Gasteiger partial charge is 0.0797 e. The highest BCUT2D eigenvalue weighted by atomic mass is 16.3. The molecule has 1 aliphatic heterocycles. The van der Waals surface area contributed by atoms with Crippen molar-refractivity contribution in [2.75, 3.05) is 26.2 Å². The summed E-state index contributed by atoms with van der Waals surface area (Å²) in [5.74, 6) is 1.30. The maximum absolute atomic E-state index is 10.3. The molecule has 0 spiro atoms. The number of hydrogen-bond acceptors (Lipinski definition) is 3. The van der Waals surface area contributed by atoms with Crippen molar-refractivity contribution >= 4 is 0 Å². The summed E-state index contributed by atoms with van der Waals surface area (Å²) in [6.07, 6.45) is 5.68. The quantitative estimate of drug-likeness (QED) is 0.757. The molecule has 3 heteroatoms. The molecule has 3 atom stereocenters. The van der Waals surface area contributed by atoms with E-state index in [1.807, 2.05) is 0 Å². The van der Waals surface area contributed by atoms with Crippen molar-refractivity contribution in [2.45, 2.75) is 44.6 Å². The molecule has 1 heterocycles. The minimum Gasteiger partial charge on any atom is -0.388 e. The second kappa shape index (κ2) is 5.03. The fourth-order valence-corrected chi connectivity index (χ4v) is 3.38. The van der Waals surface area contributed by atoms with Gasteiger partial charge in [-0.3, -0.25) is 0 Å². The Morgan fingerprint density at radius 3 is 2.88 bits per heavy atom. The van der Waals surface area contributed by atoms with Crippen molar-refractivity contribution in [3.8, 4) is 0 Å². The van der Waals surface area contributed by atoms with Crippen LogP contribution in [0.4, 0.5) is 0 Å². The van der Waals surface area contributed by atoms with Gasteiger partial charge in [0.15, 0.2) is 0 Å². The van der Waals surface area contributed by atoms with Gasteiger partial charge in [0.1, 0.15) is 0 Å². The molecule has 94 valence electrons. The average molecular weight is 226 g/mol. The fraction of sp³-hybridized carbons (Fsp3) is 1.00. The van der Waals surface area contributed by atoms with Crippen LogP contribution >= 0.6 is 0 Å². The zero-order valence-electron chi connectivity index (χ0n) is 10.5. The SMILES string of the molecule is CC1CCN(CCC2CCCC2(O)CN)C1. The van der Waals surface area contributed by atoms with Crippen molar-refractivity contribution in [1.29, 1.82) is 0 Å². The molecule has 1 aliphatic carbocycles. The lowest BCUT2D eigenvalue weighted by atomic mass is 9.88. The van der Waals surface area contributed by atoms with E-state index in [9.17, 15) is 5.11 Å². The Balaban J connectivity index is 1.77. The molecular formula is C13H26N2O. The molecule has 2 rings (SSSR count). The number of aliphatic hydroxyl groups is 1. The van der Waals surface area contributed by atoms with Gasteiger partial charge >= 0.3 is 0 Å². The van der Waals surface area contributed by atoms with Gasteiger partial charge in [-0.1, -0.05) is 13.3 Å². The molecule has 0 aromatic heterocycles. The van der Waals surface area contributed by atoms with Crippen LogP contribution < -0.4 is 5.73 Å². The molecule has 3 nitrogen and oxygen atoms in total. The zero-order valence-corrected chi connectivity index (χ0v) is 10.5. The van der Waals surface area contributed by atoms with Crippen molar-refractivity contribution in [2.24, 2.45) is 17.6 Å². The number of rotatable bonds is 4. The Morgan fingerprint density at radius 1 is 1.44 bits per heavy atom. The van der Waals surface area contributed by atoms with Crippen LogP contribution in [0.5, 0.6) is 0 Å². The van der Waals surface area contributed by atoms with Crippen LogP contribution in [0.3, 0.4) is 0 Å². The second-order valence-electron chi connectivity index (χ2n) is 5.88. The number of nitrogens with zero attached hydrogens (tertiary/aromatic N) is 1. The van der Waals surface area contributed by atoms with E-state index < -0.39 is 5.60 Å². The third kappa shape index (κ3) is 2.58. The minimum absolute atomic E-state index is 0.438. The van der Waals surface area contributed by atoms with Crippen LogP contribution in [0.25, 0.3) is 0 Å². The van der Waals surface area contributed by atoms with E-state index in [-0.39, 0.29) is 0 Å². The highest BCUT2D eigenvalue weighted by Gasteiger charge is 2.39. The van der Waals surface area contributed by atoms with Crippen LogP contribution in [0.15, 0.2) is 0 Å². The minimum atomic E-state index is -0.550. The van der Waals surface area contributed by atoms with Gasteiger partial charge in [0.2, 0.25) is 0 Å². The summed E-state index contributed by atoms with van der Waals surface area (Å²) >= 11 is 0. The van der Waals surface area contributed by atoms with Gasteiger partial charge in [-0.2, -0.15) is 0 Å². The first-order valence-electron chi connectivity index (χ1n) is 6.79. The van der Waals surface area contributed by atoms with Gasteiger partial charge in [-0.05, 0) is 50.6 Å². The lowest BCUT2D eigenvalue weighted by Crippen LogP contribution is -2.42. The van der Waals surface area contributed by atoms with Crippen LogP contribution in [0, 0.1) is 11.8 Å². The van der Waals surface area contributed by atoms with E-state index in [0.717, 1.165) is 38.1 Å². The maximum Gasteiger partial charge on any atom is 0.0797 e. The number of hydrogen-bond donors (Lipinski definition) is 2. The molecule has 0 amide bonds. The summed E-state index contributed by atoms with van der Waals surface area (Å²) in [6.45, 7) is 6.40. The Kier molecular flexibility index (Phi) is 3.88. The third-order valence-corrected chi connectivity index (χ3v) is 4.58. The Morgan fingerprint density at radius 2 is 2.25 bits per heavy atom. The van der Waals surface area contributed by atoms with Crippen molar-refractivity contribution < 1.29 is 5.11 Å². The Bertz CT molecular complexity index is 234. The summed E-state index contributed by atoms with van der Waals surface area (Å²) in [7, 11) is 0. The maximum atomic E-state index is 10.3. The van der Waals surface area contributed by atoms with E-state index in [1.54, 1.807) is 0 Å². The van der Waals surface area contributed by atoms with Gasteiger partial charge in [0.05, 0.1) is 5.60 Å². The Labute approximate surface area is 99.0 Å². The van der Waals surface area contributed by atoms with Gasteiger partial charge in [-0.25, -0.2) is 0 Å². The lowest BCUT2D eigenvalue weighted by molar-refractivity contribution is 0.00520. The van der Waals surface area contributed by atoms with E-state index in [0.29, 0.717) is 12.5 Å². The van der Waals surface area contributed by atoms with E-state index in [2.05, 4.69) is 11.8 Å². The first-order chi connectivity index (χ1) is 7.64. The van der Waals surface area contributed by atoms with Crippen LogP contribution in [0.1, 0.15) is 39.0 Å². The third-order valence-electron chi connectivity index (χ3n) is 4.58. The predicted molar refractivity (Wildman–Crippen MR) is 66.2 cm³/mol. The van der Waals surface area contributed by atoms with Gasteiger partial charge in [0, 0.05) is 13.1 Å². The first kappa shape index (κ1) is 12.3. The van der Waals surface area contributed by atoms with Crippen molar-refractivity contribution in [1.82, 2.24) is 4.90 Å². The van der Waals surface area contributed by atoms with Crippen LogP contribution in [-0.2, 0) is 0 Å². The molecule has 2 aliphatic rings. The van der Waals surface area contributed by atoms with Crippen LogP contribution in [-0.4, -0.2) is 41.8 Å². The summed E-state index contributed by atoms with van der Waals surface area (Å²) in [5.41, 5.74) is 5.15. The largest absolute Gasteiger partial charge is 0.388 e. The highest BCUT2D eigenvalue weighted by molar-refractivity contribution is 4.93. The van der Waals surface area contributed by atoms with Gasteiger partial charge in [-0.15, -0.1) is 0 Å². The molecule has 0 radical (unpaired) electrons. The predicted octanol–water partition coefficient (Wildman–Crippen LogP) is 1.21. The van der Waals surface area contributed by atoms with E-state index in [1.165, 1.54) is 19.5 Å². The summed E-state index contributed by atoms with van der Waals surface area (Å²) < 4.78 is 0. The molecule has 16 heavy (non-hydrogen) atoms. The van der Waals surface area contributed by atoms with Crippen LogP contribution in [0.2, 0.25) is 0 Å². The number of likely N-dealkylation sites (tertiary alicyclic amines) is 1. The zero-order chi connectivity index (χ0) is 11.6. The highest BCUT2D eigenvalue weighted by Crippen LogP contribution is 2.37. The van der Waals surface area contributed by atoms with Crippen molar-refractivity contribution in [3.05, 3.63) is 0 Å². The molecule has 3 N–H and O–H groups in total. The molecule has 2 fully saturated rings. The average Bonchev–Trinajstić information content (AvgIpc) is 2.83. The van der Waals surface area contributed by atoms with E-state index >= 15 is 0 Å². The molecular weight excluding hydrogens is 200 g/mol. The summed E-state index contributed by atoms with van der Waals surface area (Å²) in [6, 6.07) is 0. The standard InChI is InChI=1S/C13H26N2O/c1-11-4-7-15(9-11)8-5-12-3-2-6-13(12,16)10-14/h11-12,16H,2-10,14H2,1H3. The molecule has 3 unspecified atom stereocenters. The van der Waals surface area contributed by atoms with Crippen molar-refractivity contribution in [3.63, 3.8) is 0 Å². The Hall–Kier alpha value is -0.120. The monoisotopic (exact) mass is 226 g/mol. The van der Waals surface area contributed by atoms with Gasteiger partial charge in [0.25, 0.3) is 0 Å². The van der Waals surface area contributed by atoms with Gasteiger partial charge < -0.3 is 15.7 Å². The van der Waals surface area contributed by atoms with E-state index in [4.69, 9.17) is 5.73 Å². The number of nitrogens with two attached hydrogens (primary N) is 1. The normalized spacial score (nSPS) is 40.7. The molecule has 0 aromatic carbocycles. The lowest BCUT2D eigenvalue weighted by Gasteiger charge is -2.30. The molecule has 0 bridgehead atoms. The molecule has 0 aromatic rings. The fourth-order valence-electron chi connectivity index (χ4n) is 3.38. The molecule has 1 saturated heterocycles.